The molecule has 0 heterocycles. The number of nitrogens with zero attached hydrogens (tertiary/aromatic N) is 1. The number of carbonyl (C=O) groups excluding carboxylic acids is 1. The molecule has 1 aromatic carbocycles. The summed E-state index contributed by atoms with van der Waals surface area (Å²) in [6, 6.07) is 7.29. The van der Waals surface area contributed by atoms with Crippen LogP contribution in [0.1, 0.15) is 19.3 Å². The summed E-state index contributed by atoms with van der Waals surface area (Å²) >= 11 is 5.86. The van der Waals surface area contributed by atoms with Gasteiger partial charge in [-0.15, -0.1) is 0 Å². The Hall–Kier alpha value is -1.26. The van der Waals surface area contributed by atoms with Crippen LogP contribution in [0.2, 0.25) is 5.02 Å². The number of carbonyl (C=O) groups is 1. The van der Waals surface area contributed by atoms with Crippen molar-refractivity contribution in [2.45, 2.75) is 19.3 Å². The van der Waals surface area contributed by atoms with E-state index in [-0.39, 0.29) is 5.91 Å². The van der Waals surface area contributed by atoms with Gasteiger partial charge >= 0.3 is 0 Å². The minimum Gasteiger partial charge on any atom is -0.493 e. The summed E-state index contributed by atoms with van der Waals surface area (Å²) in [5.74, 6) is 0.887. The lowest BCUT2D eigenvalue weighted by atomic mass is 10.2. The molecule has 2 N–H and O–H groups in total. The fourth-order valence-corrected chi connectivity index (χ4v) is 1.80. The monoisotopic (exact) mass is 284 g/mol. The molecule has 1 rings (SSSR count). The highest BCUT2D eigenvalue weighted by Crippen LogP contribution is 2.17. The summed E-state index contributed by atoms with van der Waals surface area (Å²) in [7, 11) is 1.80. The molecule has 0 spiro atoms. The molecule has 0 saturated heterocycles. The number of amides is 1. The predicted octanol–water partition coefficient (Wildman–Crippen LogP) is 2.31. The molecule has 19 heavy (non-hydrogen) atoms. The van der Waals surface area contributed by atoms with Crippen molar-refractivity contribution >= 4 is 17.5 Å². The number of nitrogens with two attached hydrogens (primary N) is 1. The van der Waals surface area contributed by atoms with Gasteiger partial charge in [-0.25, -0.2) is 0 Å². The zero-order chi connectivity index (χ0) is 14.1. The molecule has 106 valence electrons. The van der Waals surface area contributed by atoms with Gasteiger partial charge in [-0.3, -0.25) is 4.79 Å². The van der Waals surface area contributed by atoms with E-state index < -0.39 is 0 Å². The number of ether oxygens (including phenoxy) is 1. The van der Waals surface area contributed by atoms with Gasteiger partial charge in [0.05, 0.1) is 6.61 Å². The van der Waals surface area contributed by atoms with Crippen LogP contribution in [0.3, 0.4) is 0 Å². The largest absolute Gasteiger partial charge is 0.493 e. The molecule has 0 aliphatic rings. The fraction of sp³-hybridized carbons (Fsp3) is 0.500. The van der Waals surface area contributed by atoms with E-state index in [4.69, 9.17) is 22.1 Å². The lowest BCUT2D eigenvalue weighted by molar-refractivity contribution is -0.130. The topological polar surface area (TPSA) is 55.6 Å². The summed E-state index contributed by atoms with van der Waals surface area (Å²) in [6.07, 6.45) is 2.04. The molecule has 0 bridgehead atoms. The molecule has 0 aromatic heterocycles. The van der Waals surface area contributed by atoms with E-state index in [0.29, 0.717) is 31.1 Å². The molecule has 0 saturated carbocycles. The Morgan fingerprint density at radius 2 is 2.21 bits per heavy atom. The van der Waals surface area contributed by atoms with Crippen LogP contribution in [-0.4, -0.2) is 37.6 Å². The zero-order valence-corrected chi connectivity index (χ0v) is 12.0. The van der Waals surface area contributed by atoms with E-state index in [1.54, 1.807) is 24.1 Å². The van der Waals surface area contributed by atoms with Crippen LogP contribution in [0.5, 0.6) is 5.75 Å². The lowest BCUT2D eigenvalue weighted by Gasteiger charge is -2.17. The number of hydrogen-bond acceptors (Lipinski definition) is 3. The van der Waals surface area contributed by atoms with Crippen molar-refractivity contribution in [2.75, 3.05) is 26.7 Å². The Morgan fingerprint density at radius 1 is 1.42 bits per heavy atom. The molecular weight excluding hydrogens is 264 g/mol. The first-order chi connectivity index (χ1) is 9.13. The number of rotatable bonds is 8. The fourth-order valence-electron chi connectivity index (χ4n) is 1.62. The maximum Gasteiger partial charge on any atom is 0.222 e. The number of hydrogen-bond donors (Lipinski definition) is 1. The molecule has 1 amide bonds. The highest BCUT2D eigenvalue weighted by Gasteiger charge is 2.07. The third-order valence-electron chi connectivity index (χ3n) is 2.72. The maximum absolute atomic E-state index is 11.6. The van der Waals surface area contributed by atoms with Gasteiger partial charge in [0.25, 0.3) is 0 Å². The van der Waals surface area contributed by atoms with Gasteiger partial charge in [0.15, 0.2) is 0 Å². The van der Waals surface area contributed by atoms with Crippen molar-refractivity contribution in [1.82, 2.24) is 4.90 Å². The normalized spacial score (nSPS) is 10.3. The summed E-state index contributed by atoms with van der Waals surface area (Å²) in [5, 5.41) is 0.659. The van der Waals surface area contributed by atoms with Crippen molar-refractivity contribution in [3.63, 3.8) is 0 Å². The average molecular weight is 285 g/mol. The molecular formula is C14H21ClN2O2. The quantitative estimate of drug-likeness (QED) is 0.745. The summed E-state index contributed by atoms with van der Waals surface area (Å²) < 4.78 is 5.56. The van der Waals surface area contributed by atoms with Crippen LogP contribution < -0.4 is 10.5 Å². The van der Waals surface area contributed by atoms with Gasteiger partial charge in [-0.2, -0.15) is 0 Å². The van der Waals surface area contributed by atoms with Gasteiger partial charge < -0.3 is 15.4 Å². The summed E-state index contributed by atoms with van der Waals surface area (Å²) in [5.41, 5.74) is 5.37. The SMILES string of the molecule is CN(CCCOc1cccc(Cl)c1)C(=O)CCCN. The first kappa shape index (κ1) is 15.8. The van der Waals surface area contributed by atoms with Crippen LogP contribution in [-0.2, 0) is 4.79 Å². The molecule has 0 fully saturated rings. The predicted molar refractivity (Wildman–Crippen MR) is 77.5 cm³/mol. The van der Waals surface area contributed by atoms with Crippen molar-refractivity contribution in [1.29, 1.82) is 0 Å². The first-order valence-corrected chi connectivity index (χ1v) is 6.83. The highest BCUT2D eigenvalue weighted by atomic mass is 35.5. The average Bonchev–Trinajstić information content (AvgIpc) is 2.40. The zero-order valence-electron chi connectivity index (χ0n) is 11.3. The Balaban J connectivity index is 2.18. The van der Waals surface area contributed by atoms with Gasteiger partial charge in [-0.1, -0.05) is 17.7 Å². The second-order valence-electron chi connectivity index (χ2n) is 4.37. The van der Waals surface area contributed by atoms with E-state index in [0.717, 1.165) is 18.6 Å². The molecule has 0 aliphatic carbocycles. The van der Waals surface area contributed by atoms with Gasteiger partial charge in [-0.05, 0) is 37.6 Å². The third-order valence-corrected chi connectivity index (χ3v) is 2.96. The van der Waals surface area contributed by atoms with E-state index >= 15 is 0 Å². The van der Waals surface area contributed by atoms with Crippen molar-refractivity contribution in [3.05, 3.63) is 29.3 Å². The van der Waals surface area contributed by atoms with E-state index in [1.165, 1.54) is 0 Å². The molecule has 5 heteroatoms. The maximum atomic E-state index is 11.6. The van der Waals surface area contributed by atoms with Crippen LogP contribution in [0.15, 0.2) is 24.3 Å². The minimum absolute atomic E-state index is 0.133. The second-order valence-corrected chi connectivity index (χ2v) is 4.80. The lowest BCUT2D eigenvalue weighted by Crippen LogP contribution is -2.28. The molecule has 0 atom stereocenters. The van der Waals surface area contributed by atoms with Crippen LogP contribution in [0.4, 0.5) is 0 Å². The molecule has 0 aliphatic heterocycles. The number of benzene rings is 1. The molecule has 0 radical (unpaired) electrons. The molecule has 0 unspecified atom stereocenters. The summed E-state index contributed by atoms with van der Waals surface area (Å²) in [4.78, 5) is 13.3. The van der Waals surface area contributed by atoms with Crippen LogP contribution in [0, 0.1) is 0 Å². The first-order valence-electron chi connectivity index (χ1n) is 6.46. The van der Waals surface area contributed by atoms with Gasteiger partial charge in [0.1, 0.15) is 5.75 Å². The Kier molecular flexibility index (Phi) is 7.30. The van der Waals surface area contributed by atoms with Crippen molar-refractivity contribution in [2.24, 2.45) is 5.73 Å². The smallest absolute Gasteiger partial charge is 0.222 e. The van der Waals surface area contributed by atoms with Crippen LogP contribution >= 0.6 is 11.6 Å². The summed E-state index contributed by atoms with van der Waals surface area (Å²) in [6.45, 7) is 1.80. The standard InChI is InChI=1S/C14H21ClN2O2/c1-17(14(18)7-3-8-16)9-4-10-19-13-6-2-5-12(15)11-13/h2,5-6,11H,3-4,7-10,16H2,1H3. The van der Waals surface area contributed by atoms with Crippen molar-refractivity contribution in [3.8, 4) is 5.75 Å². The molecule has 1 aromatic rings. The number of halogens is 1. The van der Waals surface area contributed by atoms with E-state index in [9.17, 15) is 4.79 Å². The Bertz CT molecular complexity index is 399. The van der Waals surface area contributed by atoms with Crippen LogP contribution in [0.25, 0.3) is 0 Å². The third kappa shape index (κ3) is 6.45. The van der Waals surface area contributed by atoms with E-state index in [1.807, 2.05) is 12.1 Å². The van der Waals surface area contributed by atoms with E-state index in [2.05, 4.69) is 0 Å². The van der Waals surface area contributed by atoms with Gasteiger partial charge in [0.2, 0.25) is 5.91 Å². The van der Waals surface area contributed by atoms with Gasteiger partial charge in [0, 0.05) is 25.0 Å². The minimum atomic E-state index is 0.133. The highest BCUT2D eigenvalue weighted by molar-refractivity contribution is 6.30. The second kappa shape index (κ2) is 8.77. The van der Waals surface area contributed by atoms with Crippen molar-refractivity contribution < 1.29 is 9.53 Å². The Morgan fingerprint density at radius 3 is 2.89 bits per heavy atom. The Labute approximate surface area is 119 Å². The molecule has 4 nitrogen and oxygen atoms in total.